The Morgan fingerprint density at radius 3 is 2.44 bits per heavy atom. The second kappa shape index (κ2) is 5.94. The molecule has 2 N–H and O–H groups in total. The maximum Gasteiger partial charge on any atom is 0.0183 e. The van der Waals surface area contributed by atoms with Crippen molar-refractivity contribution in [1.82, 2.24) is 0 Å². The lowest BCUT2D eigenvalue weighted by molar-refractivity contribution is 0.152. The summed E-state index contributed by atoms with van der Waals surface area (Å²) in [5.74, 6) is 3.49. The summed E-state index contributed by atoms with van der Waals surface area (Å²) >= 11 is 0. The highest BCUT2D eigenvalue weighted by molar-refractivity contribution is 4.95. The van der Waals surface area contributed by atoms with Crippen LogP contribution in [0.15, 0.2) is 0 Å². The maximum absolute atomic E-state index is 6.86. The molecule has 0 aliphatic heterocycles. The van der Waals surface area contributed by atoms with Gasteiger partial charge in [0.15, 0.2) is 0 Å². The van der Waals surface area contributed by atoms with E-state index in [4.69, 9.17) is 5.73 Å². The van der Waals surface area contributed by atoms with Gasteiger partial charge in [0.25, 0.3) is 0 Å². The van der Waals surface area contributed by atoms with Crippen molar-refractivity contribution >= 4 is 0 Å². The molecule has 106 valence electrons. The van der Waals surface area contributed by atoms with E-state index in [2.05, 4.69) is 20.8 Å². The van der Waals surface area contributed by atoms with Crippen LogP contribution in [0.25, 0.3) is 0 Å². The molecule has 18 heavy (non-hydrogen) atoms. The van der Waals surface area contributed by atoms with Gasteiger partial charge in [-0.25, -0.2) is 0 Å². The molecule has 4 atom stereocenters. The Bertz CT molecular complexity index is 260. The van der Waals surface area contributed by atoms with Crippen LogP contribution in [0.3, 0.4) is 0 Å². The zero-order valence-electron chi connectivity index (χ0n) is 12.8. The SMILES string of the molecule is CC1CCCC(C2(N)CCCC(C(C)C)CC2)C1. The highest BCUT2D eigenvalue weighted by Crippen LogP contribution is 2.42. The lowest BCUT2D eigenvalue weighted by Gasteiger charge is -2.41. The fourth-order valence-electron chi connectivity index (χ4n) is 4.45. The summed E-state index contributed by atoms with van der Waals surface area (Å²) in [4.78, 5) is 0. The molecule has 4 unspecified atom stereocenters. The number of rotatable bonds is 2. The van der Waals surface area contributed by atoms with Crippen LogP contribution in [0.4, 0.5) is 0 Å². The molecule has 0 aromatic carbocycles. The van der Waals surface area contributed by atoms with Gasteiger partial charge in [-0.1, -0.05) is 46.5 Å². The van der Waals surface area contributed by atoms with Crippen molar-refractivity contribution in [3.05, 3.63) is 0 Å². The van der Waals surface area contributed by atoms with E-state index in [0.717, 1.165) is 23.7 Å². The van der Waals surface area contributed by atoms with Crippen LogP contribution in [0.2, 0.25) is 0 Å². The summed E-state index contributed by atoms with van der Waals surface area (Å²) in [6.45, 7) is 7.19. The highest BCUT2D eigenvalue weighted by atomic mass is 14.8. The molecule has 0 aromatic heterocycles. The van der Waals surface area contributed by atoms with Crippen molar-refractivity contribution < 1.29 is 0 Å². The van der Waals surface area contributed by atoms with Gasteiger partial charge >= 0.3 is 0 Å². The highest BCUT2D eigenvalue weighted by Gasteiger charge is 2.38. The van der Waals surface area contributed by atoms with Gasteiger partial charge in [-0.2, -0.15) is 0 Å². The van der Waals surface area contributed by atoms with Crippen molar-refractivity contribution in [2.45, 2.75) is 84.1 Å². The Labute approximate surface area is 114 Å². The first-order chi connectivity index (χ1) is 8.51. The third-order valence-corrected chi connectivity index (χ3v) is 5.89. The van der Waals surface area contributed by atoms with Gasteiger partial charge in [-0.15, -0.1) is 0 Å². The summed E-state index contributed by atoms with van der Waals surface area (Å²) in [6.07, 6.45) is 12.4. The van der Waals surface area contributed by atoms with Gasteiger partial charge in [0.2, 0.25) is 0 Å². The fourth-order valence-corrected chi connectivity index (χ4v) is 4.45. The van der Waals surface area contributed by atoms with Crippen LogP contribution in [-0.2, 0) is 0 Å². The zero-order chi connectivity index (χ0) is 13.2. The lowest BCUT2D eigenvalue weighted by atomic mass is 9.68. The summed E-state index contributed by atoms with van der Waals surface area (Å²) in [5, 5.41) is 0. The standard InChI is InChI=1S/C17H33N/c1-13(2)15-7-5-10-17(18,11-9-15)16-8-4-6-14(3)12-16/h13-16H,4-12,18H2,1-3H3. The van der Waals surface area contributed by atoms with Crippen molar-refractivity contribution in [3.8, 4) is 0 Å². The molecule has 1 heteroatoms. The first kappa shape index (κ1) is 14.4. The monoisotopic (exact) mass is 251 g/mol. The molecule has 2 fully saturated rings. The smallest absolute Gasteiger partial charge is 0.0183 e. The molecule has 2 aliphatic carbocycles. The average Bonchev–Trinajstić information content (AvgIpc) is 2.52. The second-order valence-corrected chi connectivity index (χ2v) is 7.64. The maximum atomic E-state index is 6.86. The van der Waals surface area contributed by atoms with Gasteiger partial charge in [-0.05, 0) is 55.8 Å². The van der Waals surface area contributed by atoms with Gasteiger partial charge in [0.05, 0.1) is 0 Å². The number of hydrogen-bond donors (Lipinski definition) is 1. The lowest BCUT2D eigenvalue weighted by Crippen LogP contribution is -2.48. The van der Waals surface area contributed by atoms with E-state index in [1.165, 1.54) is 57.8 Å². The van der Waals surface area contributed by atoms with E-state index in [-0.39, 0.29) is 5.54 Å². The number of hydrogen-bond acceptors (Lipinski definition) is 1. The summed E-state index contributed by atoms with van der Waals surface area (Å²) in [6, 6.07) is 0. The average molecular weight is 251 g/mol. The van der Waals surface area contributed by atoms with E-state index in [1.54, 1.807) is 0 Å². The van der Waals surface area contributed by atoms with Crippen molar-refractivity contribution in [3.63, 3.8) is 0 Å². The second-order valence-electron chi connectivity index (χ2n) is 7.64. The topological polar surface area (TPSA) is 26.0 Å². The molecular formula is C17H33N. The fraction of sp³-hybridized carbons (Fsp3) is 1.00. The molecule has 0 spiro atoms. The number of nitrogens with two attached hydrogens (primary N) is 1. The minimum atomic E-state index is 0.179. The molecule has 2 aliphatic rings. The summed E-state index contributed by atoms with van der Waals surface area (Å²) in [7, 11) is 0. The molecule has 0 bridgehead atoms. The molecular weight excluding hydrogens is 218 g/mol. The van der Waals surface area contributed by atoms with Crippen LogP contribution in [0.1, 0.15) is 78.6 Å². The minimum absolute atomic E-state index is 0.179. The van der Waals surface area contributed by atoms with Gasteiger partial charge in [0.1, 0.15) is 0 Å². The van der Waals surface area contributed by atoms with Crippen LogP contribution < -0.4 is 5.73 Å². The van der Waals surface area contributed by atoms with E-state index >= 15 is 0 Å². The van der Waals surface area contributed by atoms with E-state index < -0.39 is 0 Å². The molecule has 1 nitrogen and oxygen atoms in total. The van der Waals surface area contributed by atoms with Gasteiger partial charge < -0.3 is 5.73 Å². The van der Waals surface area contributed by atoms with Gasteiger partial charge in [0, 0.05) is 5.54 Å². The summed E-state index contributed by atoms with van der Waals surface area (Å²) in [5.41, 5.74) is 7.04. The summed E-state index contributed by atoms with van der Waals surface area (Å²) < 4.78 is 0. The third kappa shape index (κ3) is 3.29. The Morgan fingerprint density at radius 1 is 1.00 bits per heavy atom. The molecule has 0 heterocycles. The van der Waals surface area contributed by atoms with E-state index in [1.807, 2.05) is 0 Å². The normalized spacial score (nSPS) is 42.8. The predicted molar refractivity (Wildman–Crippen MR) is 79.5 cm³/mol. The molecule has 2 saturated carbocycles. The van der Waals surface area contributed by atoms with Crippen LogP contribution in [0, 0.1) is 23.7 Å². The Hall–Kier alpha value is -0.0400. The van der Waals surface area contributed by atoms with Crippen LogP contribution >= 0.6 is 0 Å². The molecule has 0 aromatic rings. The molecule has 0 amide bonds. The van der Waals surface area contributed by atoms with Crippen LogP contribution in [-0.4, -0.2) is 5.54 Å². The molecule has 2 rings (SSSR count). The minimum Gasteiger partial charge on any atom is -0.325 e. The van der Waals surface area contributed by atoms with E-state index in [9.17, 15) is 0 Å². The quantitative estimate of drug-likeness (QED) is 0.704. The largest absolute Gasteiger partial charge is 0.325 e. The van der Waals surface area contributed by atoms with Crippen LogP contribution in [0.5, 0.6) is 0 Å². The first-order valence-electron chi connectivity index (χ1n) is 8.30. The van der Waals surface area contributed by atoms with Crippen molar-refractivity contribution in [1.29, 1.82) is 0 Å². The van der Waals surface area contributed by atoms with E-state index in [0.29, 0.717) is 0 Å². The zero-order valence-corrected chi connectivity index (χ0v) is 12.8. The first-order valence-corrected chi connectivity index (χ1v) is 8.30. The van der Waals surface area contributed by atoms with Crippen molar-refractivity contribution in [2.24, 2.45) is 29.4 Å². The molecule has 0 saturated heterocycles. The van der Waals surface area contributed by atoms with Crippen molar-refractivity contribution in [2.75, 3.05) is 0 Å². The van der Waals surface area contributed by atoms with Gasteiger partial charge in [-0.3, -0.25) is 0 Å². The predicted octanol–water partition coefficient (Wildman–Crippen LogP) is 4.75. The Kier molecular flexibility index (Phi) is 4.75. The molecule has 0 radical (unpaired) electrons. The Morgan fingerprint density at radius 2 is 1.78 bits per heavy atom. The Balaban J connectivity index is 1.97. The third-order valence-electron chi connectivity index (χ3n) is 5.89.